The summed E-state index contributed by atoms with van der Waals surface area (Å²) in [6.07, 6.45) is 7.69. The largest absolute Gasteiger partial charge is 0.330 e. The molecule has 1 N–H and O–H groups in total. The van der Waals surface area contributed by atoms with E-state index in [9.17, 15) is 9.59 Å². The number of aliphatic imine (C=N–C) groups is 1. The summed E-state index contributed by atoms with van der Waals surface area (Å²) < 4.78 is 1.84. The number of fused-ring (bicyclic) bond motifs is 1. The highest BCUT2D eigenvalue weighted by molar-refractivity contribution is 6.30. The summed E-state index contributed by atoms with van der Waals surface area (Å²) in [5.74, 6) is 0.495. The van der Waals surface area contributed by atoms with Crippen molar-refractivity contribution < 1.29 is 9.59 Å². The number of aryl methyl sites for hydroxylation is 2. The Balaban J connectivity index is 1.55. The molecular weight excluding hydrogens is 416 g/mol. The monoisotopic (exact) mass is 440 g/mol. The normalized spacial score (nSPS) is 14.2. The van der Waals surface area contributed by atoms with E-state index in [-0.39, 0.29) is 24.7 Å². The van der Waals surface area contributed by atoms with Gasteiger partial charge >= 0.3 is 0 Å². The number of pyridine rings is 1. The van der Waals surface area contributed by atoms with Crippen LogP contribution in [0.1, 0.15) is 37.4 Å². The summed E-state index contributed by atoms with van der Waals surface area (Å²) in [5, 5.41) is 7.68. The van der Waals surface area contributed by atoms with E-state index in [1.165, 1.54) is 6.20 Å². The maximum absolute atomic E-state index is 12.6. The molecule has 2 aromatic rings. The zero-order valence-corrected chi connectivity index (χ0v) is 18.4. The molecule has 0 fully saturated rings. The number of amides is 2. The molecule has 0 bridgehead atoms. The van der Waals surface area contributed by atoms with Crippen molar-refractivity contribution >= 4 is 41.6 Å². The van der Waals surface area contributed by atoms with Gasteiger partial charge in [-0.05, 0) is 45.2 Å². The van der Waals surface area contributed by atoms with Crippen LogP contribution in [0, 0.1) is 6.92 Å². The third-order valence-electron chi connectivity index (χ3n) is 4.77. The van der Waals surface area contributed by atoms with Crippen LogP contribution < -0.4 is 10.2 Å². The van der Waals surface area contributed by atoms with Crippen molar-refractivity contribution in [1.82, 2.24) is 20.1 Å². The minimum atomic E-state index is -0.227. The number of aromatic nitrogens is 3. The Morgan fingerprint density at radius 1 is 1.26 bits per heavy atom. The molecule has 0 aromatic carbocycles. The lowest BCUT2D eigenvalue weighted by Gasteiger charge is -2.27. The number of nitrogens with one attached hydrogen (secondary N) is 1. The summed E-state index contributed by atoms with van der Waals surface area (Å²) in [5.41, 5.74) is 2.80. The van der Waals surface area contributed by atoms with Crippen LogP contribution in [0.25, 0.3) is 5.70 Å². The molecule has 162 valence electrons. The van der Waals surface area contributed by atoms with Gasteiger partial charge in [0.1, 0.15) is 5.82 Å². The Morgan fingerprint density at radius 3 is 2.81 bits per heavy atom. The molecule has 0 atom stereocenters. The first-order chi connectivity index (χ1) is 14.9. The first kappa shape index (κ1) is 22.4. The van der Waals surface area contributed by atoms with Gasteiger partial charge in [0.25, 0.3) is 0 Å². The van der Waals surface area contributed by atoms with E-state index in [1.807, 2.05) is 17.7 Å². The Kier molecular flexibility index (Phi) is 7.36. The molecular formula is C22H25ClN6O2. The summed E-state index contributed by atoms with van der Waals surface area (Å²) in [6, 6.07) is 3.63. The van der Waals surface area contributed by atoms with Gasteiger partial charge in [0.2, 0.25) is 11.8 Å². The van der Waals surface area contributed by atoms with Gasteiger partial charge in [-0.25, -0.2) is 4.68 Å². The summed E-state index contributed by atoms with van der Waals surface area (Å²) in [7, 11) is 0. The fourth-order valence-electron chi connectivity index (χ4n) is 3.33. The van der Waals surface area contributed by atoms with Crippen molar-refractivity contribution in [3.63, 3.8) is 0 Å². The summed E-state index contributed by atoms with van der Waals surface area (Å²) in [4.78, 5) is 34.7. The smallest absolute Gasteiger partial charge is 0.228 e. The van der Waals surface area contributed by atoms with Gasteiger partial charge in [-0.1, -0.05) is 11.6 Å². The van der Waals surface area contributed by atoms with Gasteiger partial charge in [0, 0.05) is 55.7 Å². The molecule has 9 heteroatoms. The Labute approximate surface area is 186 Å². The van der Waals surface area contributed by atoms with E-state index in [4.69, 9.17) is 11.6 Å². The molecule has 31 heavy (non-hydrogen) atoms. The van der Waals surface area contributed by atoms with Crippen LogP contribution in [0.3, 0.4) is 0 Å². The molecule has 3 heterocycles. The van der Waals surface area contributed by atoms with Gasteiger partial charge in [-0.3, -0.25) is 24.5 Å². The zero-order chi connectivity index (χ0) is 22.4. The standard InChI is InChI=1S/C22H25ClN6O2/c1-15(5-6-19(24-3)17-12-18(23)14-25-13-17)26-20(30)7-8-22(31)28-9-4-10-29-21(28)11-16(2)27-29/h5-6,11-14H,3-4,7-10H2,1-2H3,(H,26,30)/b15-5+,19-6-. The Morgan fingerprint density at radius 2 is 2.06 bits per heavy atom. The lowest BCUT2D eigenvalue weighted by Crippen LogP contribution is -2.38. The number of nitrogens with zero attached hydrogens (tertiary/aromatic N) is 5. The van der Waals surface area contributed by atoms with Crippen LogP contribution in [-0.2, 0) is 16.1 Å². The zero-order valence-electron chi connectivity index (χ0n) is 17.6. The minimum Gasteiger partial charge on any atom is -0.330 e. The van der Waals surface area contributed by atoms with Gasteiger partial charge in [0.05, 0.1) is 16.4 Å². The molecule has 0 saturated heterocycles. The van der Waals surface area contributed by atoms with Crippen molar-refractivity contribution in [2.24, 2.45) is 4.99 Å². The lowest BCUT2D eigenvalue weighted by atomic mass is 10.2. The van der Waals surface area contributed by atoms with Gasteiger partial charge < -0.3 is 5.32 Å². The number of anilines is 1. The van der Waals surface area contributed by atoms with Crippen LogP contribution in [-0.4, -0.2) is 39.8 Å². The van der Waals surface area contributed by atoms with Crippen LogP contribution in [0.15, 0.2) is 47.4 Å². The van der Waals surface area contributed by atoms with Gasteiger partial charge in [-0.15, -0.1) is 0 Å². The van der Waals surface area contributed by atoms with Gasteiger partial charge in [0.15, 0.2) is 0 Å². The second kappa shape index (κ2) is 10.2. The molecule has 0 saturated carbocycles. The summed E-state index contributed by atoms with van der Waals surface area (Å²) >= 11 is 5.96. The van der Waals surface area contributed by atoms with E-state index >= 15 is 0 Å². The highest BCUT2D eigenvalue weighted by Gasteiger charge is 2.24. The number of halogens is 1. The van der Waals surface area contributed by atoms with Crippen molar-refractivity contribution in [3.8, 4) is 0 Å². The quantitative estimate of drug-likeness (QED) is 0.526. The first-order valence-corrected chi connectivity index (χ1v) is 10.4. The van der Waals surface area contributed by atoms with Crippen molar-refractivity contribution in [2.45, 2.75) is 39.7 Å². The van der Waals surface area contributed by atoms with E-state index in [0.29, 0.717) is 23.0 Å². The molecule has 1 aliphatic heterocycles. The molecule has 0 aliphatic carbocycles. The molecule has 3 rings (SSSR count). The topological polar surface area (TPSA) is 92.5 Å². The van der Waals surface area contributed by atoms with E-state index < -0.39 is 0 Å². The molecule has 8 nitrogen and oxygen atoms in total. The Hall–Kier alpha value is -3.26. The maximum Gasteiger partial charge on any atom is 0.228 e. The molecule has 0 spiro atoms. The Bertz CT molecular complexity index is 1060. The average molecular weight is 441 g/mol. The molecule has 0 unspecified atom stereocenters. The number of hydrogen-bond donors (Lipinski definition) is 1. The van der Waals surface area contributed by atoms with Crippen molar-refractivity contribution in [1.29, 1.82) is 0 Å². The van der Waals surface area contributed by atoms with Crippen molar-refractivity contribution in [3.05, 3.63) is 58.7 Å². The lowest BCUT2D eigenvalue weighted by molar-refractivity contribution is -0.124. The third kappa shape index (κ3) is 5.88. The predicted molar refractivity (Wildman–Crippen MR) is 122 cm³/mol. The SMILES string of the molecule is C=N/C(=C\C=C(/C)NC(=O)CCC(=O)N1CCCn2nc(C)cc21)c1cncc(Cl)c1. The second-order valence-electron chi connectivity index (χ2n) is 7.27. The van der Waals surface area contributed by atoms with Crippen LogP contribution >= 0.6 is 11.6 Å². The van der Waals surface area contributed by atoms with Crippen LogP contribution in [0.5, 0.6) is 0 Å². The van der Waals surface area contributed by atoms with E-state index in [0.717, 1.165) is 30.0 Å². The highest BCUT2D eigenvalue weighted by Crippen LogP contribution is 2.22. The number of rotatable bonds is 7. The molecule has 2 aromatic heterocycles. The van der Waals surface area contributed by atoms with Crippen LogP contribution in [0.4, 0.5) is 5.82 Å². The molecule has 0 radical (unpaired) electrons. The fourth-order valence-corrected chi connectivity index (χ4v) is 3.51. The van der Waals surface area contributed by atoms with Crippen molar-refractivity contribution in [2.75, 3.05) is 11.4 Å². The minimum absolute atomic E-state index is 0.0795. The number of allylic oxidation sites excluding steroid dienone is 3. The number of carbonyl (C=O) groups excluding carboxylic acids is 2. The molecule has 1 aliphatic rings. The van der Waals surface area contributed by atoms with E-state index in [2.05, 4.69) is 27.1 Å². The van der Waals surface area contributed by atoms with Crippen LogP contribution in [0.2, 0.25) is 5.02 Å². The third-order valence-corrected chi connectivity index (χ3v) is 4.98. The van der Waals surface area contributed by atoms with Gasteiger partial charge in [-0.2, -0.15) is 5.10 Å². The number of carbonyl (C=O) groups is 2. The maximum atomic E-state index is 12.6. The number of hydrogen-bond acceptors (Lipinski definition) is 5. The second-order valence-corrected chi connectivity index (χ2v) is 7.70. The van der Waals surface area contributed by atoms with E-state index in [1.54, 1.807) is 36.2 Å². The summed E-state index contributed by atoms with van der Waals surface area (Å²) in [6.45, 7) is 8.68. The first-order valence-electron chi connectivity index (χ1n) is 9.98. The molecule has 2 amide bonds. The highest BCUT2D eigenvalue weighted by atomic mass is 35.5. The predicted octanol–water partition coefficient (Wildman–Crippen LogP) is 3.52. The fraction of sp³-hybridized carbons (Fsp3) is 0.318. The average Bonchev–Trinajstić information content (AvgIpc) is 3.12.